The summed E-state index contributed by atoms with van der Waals surface area (Å²) in [6, 6.07) is -0.0985. The zero-order valence-electron chi connectivity index (χ0n) is 13.1. The van der Waals surface area contributed by atoms with Crippen LogP contribution in [0, 0.1) is 0 Å². The molecule has 3 rings (SSSR count). The highest BCUT2D eigenvalue weighted by atomic mass is 16.2. The van der Waals surface area contributed by atoms with Crippen molar-refractivity contribution in [2.45, 2.75) is 26.4 Å². The molecule has 0 saturated heterocycles. The topological polar surface area (TPSA) is 77.4 Å². The molecule has 8 nitrogen and oxygen atoms in total. The second-order valence-corrected chi connectivity index (χ2v) is 5.44. The summed E-state index contributed by atoms with van der Waals surface area (Å²) in [6.07, 6.45) is 1.53. The number of hydrazone groups is 1. The minimum Gasteiger partial charge on any atom is -0.294 e. The van der Waals surface area contributed by atoms with E-state index in [1.54, 1.807) is 19.1 Å². The van der Waals surface area contributed by atoms with Crippen molar-refractivity contribution in [2.75, 3.05) is 12.1 Å². The summed E-state index contributed by atoms with van der Waals surface area (Å²) >= 11 is 0. The normalized spacial score (nSPS) is 17.5. The van der Waals surface area contributed by atoms with Crippen LogP contribution < -0.4 is 16.3 Å². The highest BCUT2D eigenvalue weighted by molar-refractivity contribution is 5.90. The predicted molar refractivity (Wildman–Crippen MR) is 85.7 cm³/mol. The van der Waals surface area contributed by atoms with E-state index in [2.05, 4.69) is 16.7 Å². The number of aryl methyl sites for hydroxylation is 1. The Hall–Kier alpha value is -2.64. The number of imidazole rings is 1. The molecule has 0 spiro atoms. The second kappa shape index (κ2) is 4.69. The van der Waals surface area contributed by atoms with Crippen molar-refractivity contribution in [1.29, 1.82) is 0 Å². The van der Waals surface area contributed by atoms with Crippen molar-refractivity contribution in [1.82, 2.24) is 18.7 Å². The third-order valence-corrected chi connectivity index (χ3v) is 4.06. The molecule has 8 heteroatoms. The Morgan fingerprint density at radius 2 is 2.00 bits per heavy atom. The quantitative estimate of drug-likeness (QED) is 0.756. The number of allylic oxidation sites excluding steroid dienone is 1. The van der Waals surface area contributed by atoms with Crippen molar-refractivity contribution in [3.05, 3.63) is 33.5 Å². The lowest BCUT2D eigenvalue weighted by molar-refractivity contribution is 0.643. The lowest BCUT2D eigenvalue weighted by Gasteiger charge is -2.26. The van der Waals surface area contributed by atoms with Gasteiger partial charge in [-0.15, -0.1) is 6.58 Å². The fourth-order valence-corrected chi connectivity index (χ4v) is 2.77. The highest BCUT2D eigenvalue weighted by Crippen LogP contribution is 2.28. The van der Waals surface area contributed by atoms with Crippen LogP contribution in [0.5, 0.6) is 0 Å². The zero-order chi connectivity index (χ0) is 16.2. The van der Waals surface area contributed by atoms with Gasteiger partial charge in [0, 0.05) is 20.6 Å². The number of anilines is 1. The van der Waals surface area contributed by atoms with Crippen LogP contribution >= 0.6 is 0 Å². The van der Waals surface area contributed by atoms with E-state index in [0.29, 0.717) is 17.1 Å². The van der Waals surface area contributed by atoms with Gasteiger partial charge >= 0.3 is 5.69 Å². The first-order valence-corrected chi connectivity index (χ1v) is 7.00. The van der Waals surface area contributed by atoms with Crippen LogP contribution in [-0.2, 0) is 13.6 Å². The SMILES string of the molecule is C=CCn1c(=O)c2c(nc3n2[C@@H](C)C(C)=NN3C)n(C)c1=O. The first-order chi connectivity index (χ1) is 10.4. The lowest BCUT2D eigenvalue weighted by Crippen LogP contribution is -2.40. The minimum absolute atomic E-state index is 0.0985. The predicted octanol–water partition coefficient (Wildman–Crippen LogP) is 0.469. The van der Waals surface area contributed by atoms with Gasteiger partial charge in [0.2, 0.25) is 5.95 Å². The Morgan fingerprint density at radius 1 is 1.32 bits per heavy atom. The highest BCUT2D eigenvalue weighted by Gasteiger charge is 2.28. The molecule has 0 radical (unpaired) electrons. The van der Waals surface area contributed by atoms with E-state index in [1.165, 1.54) is 10.6 Å². The van der Waals surface area contributed by atoms with E-state index < -0.39 is 5.69 Å². The molecule has 2 aromatic heterocycles. The number of aromatic nitrogens is 4. The van der Waals surface area contributed by atoms with Crippen molar-refractivity contribution in [3.63, 3.8) is 0 Å². The molecule has 0 saturated carbocycles. The van der Waals surface area contributed by atoms with Crippen LogP contribution in [0.3, 0.4) is 0 Å². The first-order valence-electron chi connectivity index (χ1n) is 7.00. The van der Waals surface area contributed by atoms with E-state index in [4.69, 9.17) is 0 Å². The van der Waals surface area contributed by atoms with Crippen LogP contribution in [0.25, 0.3) is 11.2 Å². The van der Waals surface area contributed by atoms with Crippen molar-refractivity contribution < 1.29 is 0 Å². The monoisotopic (exact) mass is 302 g/mol. The van der Waals surface area contributed by atoms with Gasteiger partial charge in [0.05, 0.1) is 11.8 Å². The Balaban J connectivity index is 2.50. The molecule has 1 aliphatic heterocycles. The maximum atomic E-state index is 12.8. The Morgan fingerprint density at radius 3 is 2.64 bits per heavy atom. The Labute approximate surface area is 126 Å². The summed E-state index contributed by atoms with van der Waals surface area (Å²) in [5.41, 5.74) is 0.895. The van der Waals surface area contributed by atoms with Gasteiger partial charge < -0.3 is 0 Å². The molecule has 0 aromatic carbocycles. The van der Waals surface area contributed by atoms with Crippen LogP contribution in [0.2, 0.25) is 0 Å². The summed E-state index contributed by atoms with van der Waals surface area (Å²) < 4.78 is 4.39. The average molecular weight is 302 g/mol. The van der Waals surface area contributed by atoms with Gasteiger partial charge in [0.25, 0.3) is 5.56 Å². The van der Waals surface area contributed by atoms with Gasteiger partial charge in [0.15, 0.2) is 11.2 Å². The molecule has 2 aromatic rings. The summed E-state index contributed by atoms with van der Waals surface area (Å²) in [5, 5.41) is 6.02. The number of hydrogen-bond acceptors (Lipinski definition) is 5. The van der Waals surface area contributed by atoms with Gasteiger partial charge in [0.1, 0.15) is 0 Å². The van der Waals surface area contributed by atoms with E-state index in [0.717, 1.165) is 10.3 Å². The fourth-order valence-electron chi connectivity index (χ4n) is 2.77. The minimum atomic E-state index is -0.402. The van der Waals surface area contributed by atoms with Crippen LogP contribution in [0.1, 0.15) is 19.9 Å². The molecule has 3 heterocycles. The van der Waals surface area contributed by atoms with Gasteiger partial charge in [-0.3, -0.25) is 18.5 Å². The van der Waals surface area contributed by atoms with Crippen LogP contribution in [0.4, 0.5) is 5.95 Å². The molecule has 0 amide bonds. The standard InChI is InChI=1S/C14H18N6O2/c1-6-7-19-12(21)10-11(17(4)14(19)22)15-13-18(5)16-8(2)9(3)20(10)13/h6,9H,1,7H2,2-5H3/t9-/m0/s1. The molecule has 1 aliphatic rings. The van der Waals surface area contributed by atoms with E-state index in [9.17, 15) is 9.59 Å². The summed E-state index contributed by atoms with van der Waals surface area (Å²) in [7, 11) is 3.38. The molecule has 0 N–H and O–H groups in total. The molecular weight excluding hydrogens is 284 g/mol. The number of rotatable bonds is 2. The molecule has 0 bridgehead atoms. The molecule has 0 aliphatic carbocycles. The van der Waals surface area contributed by atoms with Crippen LogP contribution in [0.15, 0.2) is 27.3 Å². The molecule has 116 valence electrons. The van der Waals surface area contributed by atoms with E-state index in [-0.39, 0.29) is 18.1 Å². The molecule has 22 heavy (non-hydrogen) atoms. The summed E-state index contributed by atoms with van der Waals surface area (Å²) in [6.45, 7) is 7.63. The second-order valence-electron chi connectivity index (χ2n) is 5.44. The van der Waals surface area contributed by atoms with Crippen molar-refractivity contribution in [2.24, 2.45) is 12.1 Å². The average Bonchev–Trinajstić information content (AvgIpc) is 2.88. The van der Waals surface area contributed by atoms with Crippen molar-refractivity contribution >= 4 is 22.8 Å². The van der Waals surface area contributed by atoms with E-state index >= 15 is 0 Å². The van der Waals surface area contributed by atoms with Gasteiger partial charge in [-0.2, -0.15) is 10.1 Å². The first kappa shape index (κ1) is 14.3. The smallest absolute Gasteiger partial charge is 0.294 e. The van der Waals surface area contributed by atoms with Gasteiger partial charge in [-0.1, -0.05) is 6.08 Å². The molecule has 0 fully saturated rings. The number of fused-ring (bicyclic) bond motifs is 3. The Kier molecular flexibility index (Phi) is 3.05. The molecular formula is C14H18N6O2. The van der Waals surface area contributed by atoms with Crippen molar-refractivity contribution in [3.8, 4) is 0 Å². The Bertz CT molecular complexity index is 929. The largest absolute Gasteiger partial charge is 0.332 e. The zero-order valence-corrected chi connectivity index (χ0v) is 13.1. The summed E-state index contributed by atoms with van der Waals surface area (Å²) in [4.78, 5) is 29.5. The molecule has 0 unspecified atom stereocenters. The number of nitrogens with zero attached hydrogens (tertiary/aromatic N) is 6. The van der Waals surface area contributed by atoms with Crippen LogP contribution in [-0.4, -0.2) is 31.4 Å². The lowest BCUT2D eigenvalue weighted by atomic mass is 10.2. The molecule has 1 atom stereocenters. The third kappa shape index (κ3) is 1.69. The maximum absolute atomic E-state index is 12.8. The number of hydrogen-bond donors (Lipinski definition) is 0. The fraction of sp³-hybridized carbons (Fsp3) is 0.429. The third-order valence-electron chi connectivity index (χ3n) is 4.06. The summed E-state index contributed by atoms with van der Waals surface area (Å²) in [5.74, 6) is 0.552. The van der Waals surface area contributed by atoms with Gasteiger partial charge in [-0.05, 0) is 13.8 Å². The van der Waals surface area contributed by atoms with Gasteiger partial charge in [-0.25, -0.2) is 9.80 Å². The van der Waals surface area contributed by atoms with E-state index in [1.807, 2.05) is 18.4 Å². The maximum Gasteiger partial charge on any atom is 0.332 e.